The lowest BCUT2D eigenvalue weighted by molar-refractivity contribution is -0.0394. The molecule has 20 heavy (non-hydrogen) atoms. The highest BCUT2D eigenvalue weighted by atomic mass is 16.5. The van der Waals surface area contributed by atoms with E-state index in [1.54, 1.807) is 7.11 Å². The van der Waals surface area contributed by atoms with Crippen LogP contribution in [0.4, 0.5) is 0 Å². The molecule has 1 fully saturated rings. The predicted molar refractivity (Wildman–Crippen MR) is 79.8 cm³/mol. The van der Waals surface area contributed by atoms with E-state index in [9.17, 15) is 0 Å². The summed E-state index contributed by atoms with van der Waals surface area (Å²) in [5.41, 5.74) is 6.36. The van der Waals surface area contributed by atoms with Gasteiger partial charge in [0.15, 0.2) is 0 Å². The molecule has 5 nitrogen and oxygen atoms in total. The first-order valence-corrected chi connectivity index (χ1v) is 6.98. The second-order valence-corrected chi connectivity index (χ2v) is 5.49. The van der Waals surface area contributed by atoms with Crippen LogP contribution in [0.25, 0.3) is 0 Å². The van der Waals surface area contributed by atoms with Crippen LogP contribution in [0.1, 0.15) is 22.7 Å². The topological polar surface area (TPSA) is 59.8 Å². The number of morpholine rings is 1. The highest BCUT2D eigenvalue weighted by molar-refractivity contribution is 5.43. The monoisotopic (exact) mass is 279 g/mol. The van der Waals surface area contributed by atoms with Crippen LogP contribution in [-0.2, 0) is 4.74 Å². The van der Waals surface area contributed by atoms with E-state index in [0.29, 0.717) is 0 Å². The number of ether oxygens (including phenoxy) is 2. The Morgan fingerprint density at radius 3 is 2.75 bits per heavy atom. The molecule has 0 aliphatic carbocycles. The van der Waals surface area contributed by atoms with Gasteiger partial charge in [0, 0.05) is 13.1 Å². The summed E-state index contributed by atoms with van der Waals surface area (Å²) in [7, 11) is 3.80. The van der Waals surface area contributed by atoms with Gasteiger partial charge in [-0.1, -0.05) is 6.07 Å². The molecule has 2 atom stereocenters. The van der Waals surface area contributed by atoms with Crippen molar-refractivity contribution in [2.75, 3.05) is 33.9 Å². The molecule has 0 amide bonds. The van der Waals surface area contributed by atoms with Crippen LogP contribution in [0.3, 0.4) is 0 Å². The normalized spacial score (nSPS) is 21.8. The van der Waals surface area contributed by atoms with Crippen molar-refractivity contribution >= 4 is 0 Å². The minimum Gasteiger partial charge on any atom is -0.496 e. The minimum absolute atomic E-state index is 0.0117. The fraction of sp³-hybridized carbons (Fsp3) is 0.600. The molecule has 1 aromatic carbocycles. The number of hydrogen-bond donors (Lipinski definition) is 2. The van der Waals surface area contributed by atoms with Gasteiger partial charge in [-0.15, -0.1) is 0 Å². The molecular weight excluding hydrogens is 254 g/mol. The number of aryl methyl sites for hydroxylation is 2. The maximum absolute atomic E-state index is 5.89. The summed E-state index contributed by atoms with van der Waals surface area (Å²) in [6.45, 7) is 6.71. The Kier molecular flexibility index (Phi) is 4.99. The fourth-order valence-electron chi connectivity index (χ4n) is 2.78. The van der Waals surface area contributed by atoms with E-state index >= 15 is 0 Å². The second kappa shape index (κ2) is 6.54. The van der Waals surface area contributed by atoms with E-state index in [1.165, 1.54) is 5.56 Å². The van der Waals surface area contributed by atoms with Crippen LogP contribution in [0.15, 0.2) is 12.1 Å². The molecule has 0 aromatic heterocycles. The maximum atomic E-state index is 5.89. The number of likely N-dealkylation sites (N-methyl/N-ethyl adjacent to an activating group) is 1. The molecule has 112 valence electrons. The van der Waals surface area contributed by atoms with Crippen molar-refractivity contribution in [1.29, 1.82) is 0 Å². The van der Waals surface area contributed by atoms with Crippen molar-refractivity contribution in [3.8, 4) is 5.75 Å². The van der Waals surface area contributed by atoms with Crippen molar-refractivity contribution in [2.24, 2.45) is 5.84 Å². The van der Waals surface area contributed by atoms with Crippen LogP contribution in [0.2, 0.25) is 0 Å². The Bertz CT molecular complexity index is 465. The smallest absolute Gasteiger partial charge is 0.122 e. The van der Waals surface area contributed by atoms with E-state index in [-0.39, 0.29) is 12.1 Å². The zero-order chi connectivity index (χ0) is 14.7. The zero-order valence-electron chi connectivity index (χ0n) is 12.8. The predicted octanol–water partition coefficient (Wildman–Crippen LogP) is 1.15. The van der Waals surface area contributed by atoms with Gasteiger partial charge in [-0.25, -0.2) is 0 Å². The van der Waals surface area contributed by atoms with Gasteiger partial charge in [0.25, 0.3) is 0 Å². The molecule has 5 heteroatoms. The van der Waals surface area contributed by atoms with E-state index in [4.69, 9.17) is 15.3 Å². The number of nitrogens with one attached hydrogen (secondary N) is 1. The molecule has 1 aromatic rings. The summed E-state index contributed by atoms with van der Waals surface area (Å²) in [6, 6.07) is 4.18. The summed E-state index contributed by atoms with van der Waals surface area (Å²) in [4.78, 5) is 2.27. The molecule has 1 heterocycles. The number of methoxy groups -OCH3 is 1. The first kappa shape index (κ1) is 15.3. The SMILES string of the molecule is COc1cc(C)c(C(NN)C2CN(C)CCO2)cc1C. The highest BCUT2D eigenvalue weighted by Crippen LogP contribution is 2.29. The zero-order valence-corrected chi connectivity index (χ0v) is 12.8. The van der Waals surface area contributed by atoms with Crippen LogP contribution >= 0.6 is 0 Å². The van der Waals surface area contributed by atoms with Crippen molar-refractivity contribution in [3.63, 3.8) is 0 Å². The highest BCUT2D eigenvalue weighted by Gasteiger charge is 2.28. The van der Waals surface area contributed by atoms with E-state index in [0.717, 1.165) is 36.6 Å². The van der Waals surface area contributed by atoms with E-state index < -0.39 is 0 Å². The Hall–Kier alpha value is -1.14. The first-order valence-electron chi connectivity index (χ1n) is 6.98. The van der Waals surface area contributed by atoms with Gasteiger partial charge in [0.05, 0.1) is 25.9 Å². The van der Waals surface area contributed by atoms with Crippen LogP contribution in [0, 0.1) is 13.8 Å². The van der Waals surface area contributed by atoms with E-state index in [2.05, 4.69) is 36.4 Å². The number of nitrogens with two attached hydrogens (primary N) is 1. The Balaban J connectivity index is 2.29. The standard InChI is InChI=1S/C15H25N3O2/c1-10-8-13(19-4)11(2)7-12(10)15(17-16)14-9-18(3)5-6-20-14/h7-8,14-15,17H,5-6,9,16H2,1-4H3. The number of nitrogens with zero attached hydrogens (tertiary/aromatic N) is 1. The summed E-state index contributed by atoms with van der Waals surface area (Å²) < 4.78 is 11.3. The number of rotatable bonds is 4. The van der Waals surface area contributed by atoms with Crippen LogP contribution in [0.5, 0.6) is 5.75 Å². The van der Waals surface area contributed by atoms with Gasteiger partial charge >= 0.3 is 0 Å². The van der Waals surface area contributed by atoms with Gasteiger partial charge in [0.1, 0.15) is 5.75 Å². The van der Waals surface area contributed by atoms with Crippen molar-refractivity contribution in [3.05, 3.63) is 28.8 Å². The fourth-order valence-corrected chi connectivity index (χ4v) is 2.78. The van der Waals surface area contributed by atoms with Gasteiger partial charge in [-0.2, -0.15) is 0 Å². The summed E-state index contributed by atoms with van der Waals surface area (Å²) in [6.07, 6.45) is 0.0604. The lowest BCUT2D eigenvalue weighted by atomic mass is 9.94. The summed E-state index contributed by atoms with van der Waals surface area (Å²) in [5.74, 6) is 6.70. The third kappa shape index (κ3) is 3.12. The Labute approximate surface area is 121 Å². The molecule has 0 radical (unpaired) electrons. The van der Waals surface area contributed by atoms with E-state index in [1.807, 2.05) is 6.92 Å². The molecule has 0 saturated carbocycles. The summed E-state index contributed by atoms with van der Waals surface area (Å²) in [5, 5.41) is 0. The summed E-state index contributed by atoms with van der Waals surface area (Å²) >= 11 is 0. The van der Waals surface area contributed by atoms with Crippen molar-refractivity contribution in [2.45, 2.75) is 26.0 Å². The van der Waals surface area contributed by atoms with Gasteiger partial charge in [-0.05, 0) is 43.7 Å². The molecule has 2 rings (SSSR count). The number of hydrazine groups is 1. The number of benzene rings is 1. The Morgan fingerprint density at radius 2 is 2.15 bits per heavy atom. The average molecular weight is 279 g/mol. The molecule has 2 unspecified atom stereocenters. The lowest BCUT2D eigenvalue weighted by Crippen LogP contribution is -2.48. The molecule has 3 N–H and O–H groups in total. The van der Waals surface area contributed by atoms with Gasteiger partial charge in [0.2, 0.25) is 0 Å². The largest absolute Gasteiger partial charge is 0.496 e. The minimum atomic E-state index is -0.0117. The molecule has 1 saturated heterocycles. The van der Waals surface area contributed by atoms with Gasteiger partial charge in [-0.3, -0.25) is 11.3 Å². The van der Waals surface area contributed by atoms with Gasteiger partial charge < -0.3 is 14.4 Å². The molecule has 1 aliphatic heterocycles. The third-order valence-electron chi connectivity index (χ3n) is 3.97. The molecule has 1 aliphatic rings. The lowest BCUT2D eigenvalue weighted by Gasteiger charge is -2.35. The maximum Gasteiger partial charge on any atom is 0.122 e. The molecular formula is C15H25N3O2. The average Bonchev–Trinajstić information content (AvgIpc) is 2.43. The molecule has 0 spiro atoms. The third-order valence-corrected chi connectivity index (χ3v) is 3.97. The van der Waals surface area contributed by atoms with Crippen LogP contribution < -0.4 is 16.0 Å². The van der Waals surface area contributed by atoms with Crippen molar-refractivity contribution in [1.82, 2.24) is 10.3 Å². The second-order valence-electron chi connectivity index (χ2n) is 5.49. The number of hydrogen-bond acceptors (Lipinski definition) is 5. The quantitative estimate of drug-likeness (QED) is 0.639. The molecule has 0 bridgehead atoms. The van der Waals surface area contributed by atoms with Crippen molar-refractivity contribution < 1.29 is 9.47 Å². The van der Waals surface area contributed by atoms with Crippen LogP contribution in [-0.4, -0.2) is 44.9 Å². The first-order chi connectivity index (χ1) is 9.56. The Morgan fingerprint density at radius 1 is 1.40 bits per heavy atom.